The predicted octanol–water partition coefficient (Wildman–Crippen LogP) is 3.70. The number of imidazole rings is 1. The molecule has 0 bridgehead atoms. The number of aliphatic hydroxyl groups is 1. The third-order valence-electron chi connectivity index (χ3n) is 7.24. The van der Waals surface area contributed by atoms with E-state index in [4.69, 9.17) is 30.8 Å². The molecule has 7 rings (SSSR count). The molecule has 0 aliphatic carbocycles. The van der Waals surface area contributed by atoms with Crippen molar-refractivity contribution in [2.24, 2.45) is 7.05 Å². The number of halogens is 1. The van der Waals surface area contributed by atoms with Crippen LogP contribution in [-0.4, -0.2) is 62.3 Å². The normalized spacial score (nSPS) is 22.8. The summed E-state index contributed by atoms with van der Waals surface area (Å²) in [5.74, 6) is 0. The first-order valence-corrected chi connectivity index (χ1v) is 12.7. The fourth-order valence-corrected chi connectivity index (χ4v) is 5.54. The highest BCUT2D eigenvalue weighted by atomic mass is 35.5. The van der Waals surface area contributed by atoms with Gasteiger partial charge in [0.15, 0.2) is 11.8 Å². The average Bonchev–Trinajstić information content (AvgIpc) is 3.62. The molecular formula is C28H23ClN4O5. The standard InChI is InChI=1S/C28H23ClN4O5/c1-33-10-9-17-16(3-2-4-18(17)27(33)35)14-5-7-15(8-6-14)23-19(29)11-20-26(31-23)32-28(30-20)38-22-13-37-24-21(34)12-36-25(22)24/h2-11,21-22,24-25,34H,12-13H2,1H3,(H,30,31,32)/t21-,22-,24-,25-/m1/s1. The number of ether oxygens (including phenoxy) is 3. The molecule has 0 radical (unpaired) electrons. The molecule has 2 aliphatic rings. The monoisotopic (exact) mass is 530 g/mol. The summed E-state index contributed by atoms with van der Waals surface area (Å²) in [5.41, 5.74) is 4.48. The summed E-state index contributed by atoms with van der Waals surface area (Å²) in [6.45, 7) is 0.536. The van der Waals surface area contributed by atoms with Gasteiger partial charge >= 0.3 is 0 Å². The van der Waals surface area contributed by atoms with E-state index in [0.29, 0.717) is 33.9 Å². The van der Waals surface area contributed by atoms with Crippen LogP contribution in [0.5, 0.6) is 6.01 Å². The van der Waals surface area contributed by atoms with Crippen LogP contribution in [0.4, 0.5) is 0 Å². The average molecular weight is 531 g/mol. The second-order valence-corrected chi connectivity index (χ2v) is 10.0. The number of hydrogen-bond donors (Lipinski definition) is 2. The Labute approximate surface area is 221 Å². The van der Waals surface area contributed by atoms with Crippen molar-refractivity contribution in [2.75, 3.05) is 13.2 Å². The zero-order valence-corrected chi connectivity index (χ0v) is 21.1. The summed E-state index contributed by atoms with van der Waals surface area (Å²) >= 11 is 6.62. The summed E-state index contributed by atoms with van der Waals surface area (Å²) < 4.78 is 18.8. The number of aromatic nitrogens is 4. The van der Waals surface area contributed by atoms with Crippen LogP contribution in [0.3, 0.4) is 0 Å². The van der Waals surface area contributed by atoms with Crippen LogP contribution in [0.2, 0.25) is 5.02 Å². The van der Waals surface area contributed by atoms with Crippen LogP contribution in [0.1, 0.15) is 0 Å². The van der Waals surface area contributed by atoms with E-state index in [-0.39, 0.29) is 36.5 Å². The van der Waals surface area contributed by atoms with Gasteiger partial charge in [-0.05, 0) is 34.7 Å². The lowest BCUT2D eigenvalue weighted by molar-refractivity contribution is 0.00706. The molecule has 192 valence electrons. The van der Waals surface area contributed by atoms with Gasteiger partial charge in [-0.15, -0.1) is 0 Å². The molecule has 2 saturated heterocycles. The van der Waals surface area contributed by atoms with Crippen molar-refractivity contribution < 1.29 is 19.3 Å². The zero-order chi connectivity index (χ0) is 26.0. The van der Waals surface area contributed by atoms with Gasteiger partial charge in [-0.2, -0.15) is 4.98 Å². The number of benzene rings is 2. The molecule has 2 fully saturated rings. The summed E-state index contributed by atoms with van der Waals surface area (Å²) in [4.78, 5) is 24.9. The second kappa shape index (κ2) is 8.92. The number of aromatic amines is 1. The molecule has 0 unspecified atom stereocenters. The van der Waals surface area contributed by atoms with E-state index in [0.717, 1.165) is 22.1 Å². The largest absolute Gasteiger partial charge is 0.456 e. The summed E-state index contributed by atoms with van der Waals surface area (Å²) in [6.07, 6.45) is 0.0337. The summed E-state index contributed by atoms with van der Waals surface area (Å²) in [7, 11) is 1.75. The number of nitrogens with zero attached hydrogens (tertiary/aromatic N) is 3. The van der Waals surface area contributed by atoms with E-state index in [1.54, 1.807) is 23.9 Å². The van der Waals surface area contributed by atoms with Gasteiger partial charge in [0, 0.05) is 24.2 Å². The lowest BCUT2D eigenvalue weighted by Crippen LogP contribution is -2.34. The first-order valence-electron chi connectivity index (χ1n) is 12.3. The lowest BCUT2D eigenvalue weighted by atomic mass is 9.98. The quantitative estimate of drug-likeness (QED) is 0.364. The van der Waals surface area contributed by atoms with Gasteiger partial charge in [0.1, 0.15) is 18.3 Å². The fraction of sp³-hybridized carbons (Fsp3) is 0.250. The van der Waals surface area contributed by atoms with Crippen molar-refractivity contribution in [3.8, 4) is 28.4 Å². The van der Waals surface area contributed by atoms with E-state index >= 15 is 0 Å². The highest BCUT2D eigenvalue weighted by Crippen LogP contribution is 2.34. The van der Waals surface area contributed by atoms with Crippen LogP contribution in [0.15, 0.2) is 65.6 Å². The molecule has 4 atom stereocenters. The number of aliphatic hydroxyl groups excluding tert-OH is 1. The number of pyridine rings is 2. The SMILES string of the molecule is Cn1ccc2c(-c3ccc(-c4nc5nc(O[C@@H]6CO[C@H]7[C@@H]6OC[C@H]7O)[nH]c5cc4Cl)cc3)cccc2c1=O. The third kappa shape index (κ3) is 3.78. The van der Waals surface area contributed by atoms with Crippen LogP contribution in [0.25, 0.3) is 44.3 Å². The Hall–Kier alpha value is -3.76. The van der Waals surface area contributed by atoms with E-state index in [1.165, 1.54) is 0 Å². The van der Waals surface area contributed by atoms with Gasteiger partial charge in [0.25, 0.3) is 11.6 Å². The van der Waals surface area contributed by atoms with E-state index < -0.39 is 6.10 Å². The first kappa shape index (κ1) is 23.4. The van der Waals surface area contributed by atoms with Crippen molar-refractivity contribution >= 4 is 33.5 Å². The smallest absolute Gasteiger partial charge is 0.296 e. The van der Waals surface area contributed by atoms with Crippen LogP contribution < -0.4 is 10.3 Å². The molecule has 2 N–H and O–H groups in total. The fourth-order valence-electron chi connectivity index (χ4n) is 5.28. The maximum atomic E-state index is 12.6. The van der Waals surface area contributed by atoms with E-state index in [2.05, 4.69) is 9.97 Å². The number of aryl methyl sites for hydroxylation is 1. The zero-order valence-electron chi connectivity index (χ0n) is 20.3. The maximum Gasteiger partial charge on any atom is 0.296 e. The molecule has 2 aliphatic heterocycles. The van der Waals surface area contributed by atoms with Gasteiger partial charge in [-0.25, -0.2) is 4.98 Å². The Bertz CT molecular complexity index is 1750. The summed E-state index contributed by atoms with van der Waals surface area (Å²) in [5, 5.41) is 12.0. The molecule has 2 aromatic carbocycles. The molecule has 0 spiro atoms. The van der Waals surface area contributed by atoms with Crippen molar-refractivity contribution in [1.29, 1.82) is 0 Å². The Morgan fingerprint density at radius 1 is 1.03 bits per heavy atom. The van der Waals surface area contributed by atoms with Gasteiger partial charge in [-0.1, -0.05) is 48.0 Å². The van der Waals surface area contributed by atoms with E-state index in [9.17, 15) is 9.90 Å². The Morgan fingerprint density at radius 3 is 2.66 bits per heavy atom. The molecule has 9 nitrogen and oxygen atoms in total. The molecule has 5 heterocycles. The third-order valence-corrected chi connectivity index (χ3v) is 7.53. The molecule has 0 amide bonds. The van der Waals surface area contributed by atoms with Crippen molar-refractivity contribution in [1.82, 2.24) is 19.5 Å². The number of hydrogen-bond acceptors (Lipinski definition) is 7. The first-order chi connectivity index (χ1) is 18.5. The number of rotatable bonds is 4. The maximum absolute atomic E-state index is 12.6. The molecule has 5 aromatic rings. The molecule has 10 heteroatoms. The number of fused-ring (bicyclic) bond motifs is 3. The Morgan fingerprint density at radius 2 is 1.82 bits per heavy atom. The van der Waals surface area contributed by atoms with Gasteiger partial charge in [0.05, 0.1) is 29.4 Å². The lowest BCUT2D eigenvalue weighted by Gasteiger charge is -2.15. The Balaban J connectivity index is 1.18. The summed E-state index contributed by atoms with van der Waals surface area (Å²) in [6, 6.07) is 17.7. The second-order valence-electron chi connectivity index (χ2n) is 9.63. The highest BCUT2D eigenvalue weighted by Gasteiger charge is 2.48. The highest BCUT2D eigenvalue weighted by molar-refractivity contribution is 6.33. The minimum atomic E-state index is -0.647. The van der Waals surface area contributed by atoms with Crippen LogP contribution >= 0.6 is 11.6 Å². The minimum Gasteiger partial charge on any atom is -0.456 e. The predicted molar refractivity (Wildman–Crippen MR) is 142 cm³/mol. The van der Waals surface area contributed by atoms with Crippen molar-refractivity contribution in [2.45, 2.75) is 24.4 Å². The molecule has 38 heavy (non-hydrogen) atoms. The van der Waals surface area contributed by atoms with E-state index in [1.807, 2.05) is 48.5 Å². The number of nitrogens with one attached hydrogen (secondary N) is 1. The van der Waals surface area contributed by atoms with Crippen LogP contribution in [0, 0.1) is 0 Å². The molecule has 0 saturated carbocycles. The van der Waals surface area contributed by atoms with Crippen molar-refractivity contribution in [3.63, 3.8) is 0 Å². The van der Waals surface area contributed by atoms with Gasteiger partial charge in [0.2, 0.25) is 0 Å². The van der Waals surface area contributed by atoms with Crippen LogP contribution in [-0.2, 0) is 16.5 Å². The topological polar surface area (TPSA) is 111 Å². The van der Waals surface area contributed by atoms with Crippen molar-refractivity contribution in [3.05, 3.63) is 76.2 Å². The molecular weight excluding hydrogens is 508 g/mol. The minimum absolute atomic E-state index is 0.0266. The molecule has 3 aromatic heterocycles. The van der Waals surface area contributed by atoms with Gasteiger partial charge < -0.3 is 28.9 Å². The van der Waals surface area contributed by atoms with Gasteiger partial charge in [-0.3, -0.25) is 4.79 Å². The Kier molecular flexibility index (Phi) is 5.48. The number of H-pyrrole nitrogens is 1.